The van der Waals surface area contributed by atoms with Gasteiger partial charge in [-0.1, -0.05) is 5.10 Å². The molecule has 7 nitrogen and oxygen atoms in total. The first-order chi connectivity index (χ1) is 10.8. The van der Waals surface area contributed by atoms with Gasteiger partial charge in [-0.05, 0) is 43.1 Å². The van der Waals surface area contributed by atoms with Gasteiger partial charge in [-0.2, -0.15) is 0 Å². The molecule has 2 bridgehead atoms. The van der Waals surface area contributed by atoms with Gasteiger partial charge < -0.3 is 19.4 Å². The minimum atomic E-state index is -0.0388. The summed E-state index contributed by atoms with van der Waals surface area (Å²) in [4.78, 5) is 14.7. The van der Waals surface area contributed by atoms with Crippen molar-refractivity contribution in [3.05, 3.63) is 36.2 Å². The molecule has 2 aliphatic heterocycles. The van der Waals surface area contributed by atoms with Crippen LogP contribution in [0.4, 0.5) is 0 Å². The number of rotatable bonds is 4. The van der Waals surface area contributed by atoms with Crippen molar-refractivity contribution in [1.29, 1.82) is 0 Å². The lowest BCUT2D eigenvalue weighted by Gasteiger charge is -2.23. The lowest BCUT2D eigenvalue weighted by atomic mass is 9.99. The summed E-state index contributed by atoms with van der Waals surface area (Å²) in [6, 6.07) is 7.16. The average Bonchev–Trinajstić information content (AvgIpc) is 3.25. The molecule has 3 atom stereocenters. The number of hydrogen-bond acceptors (Lipinski definition) is 6. The molecule has 7 heteroatoms. The second-order valence-corrected chi connectivity index (χ2v) is 5.72. The highest BCUT2D eigenvalue weighted by Gasteiger charge is 2.38. The van der Waals surface area contributed by atoms with Crippen LogP contribution in [0.1, 0.15) is 16.8 Å². The van der Waals surface area contributed by atoms with Gasteiger partial charge in [0.2, 0.25) is 6.39 Å². The van der Waals surface area contributed by atoms with Gasteiger partial charge in [-0.3, -0.25) is 4.79 Å². The third kappa shape index (κ3) is 2.55. The van der Waals surface area contributed by atoms with Crippen molar-refractivity contribution >= 4 is 5.91 Å². The van der Waals surface area contributed by atoms with Gasteiger partial charge in [-0.15, -0.1) is 5.10 Å². The first-order valence-electron chi connectivity index (χ1n) is 7.35. The van der Waals surface area contributed by atoms with E-state index in [2.05, 4.69) is 20.4 Å². The van der Waals surface area contributed by atoms with Crippen molar-refractivity contribution < 1.29 is 13.9 Å². The second-order valence-electron chi connectivity index (χ2n) is 5.72. The van der Waals surface area contributed by atoms with E-state index < -0.39 is 0 Å². The maximum Gasteiger partial charge on any atom is 0.420 e. The first-order valence-corrected chi connectivity index (χ1v) is 7.35. The Balaban J connectivity index is 1.38. The monoisotopic (exact) mass is 300 g/mol. The molecule has 2 aliphatic rings. The smallest absolute Gasteiger partial charge is 0.410 e. The van der Waals surface area contributed by atoms with Gasteiger partial charge in [0.25, 0.3) is 5.91 Å². The maximum atomic E-state index is 12.3. The summed E-state index contributed by atoms with van der Waals surface area (Å²) in [6.45, 7) is 3.25. The van der Waals surface area contributed by atoms with E-state index in [0.717, 1.165) is 13.1 Å². The number of hydrogen-bond donors (Lipinski definition) is 1. The van der Waals surface area contributed by atoms with E-state index >= 15 is 0 Å². The van der Waals surface area contributed by atoms with E-state index in [-0.39, 0.29) is 18.0 Å². The molecule has 4 rings (SSSR count). The maximum absolute atomic E-state index is 12.3. The Kier molecular flexibility index (Phi) is 3.27. The molecule has 2 fully saturated rings. The summed E-state index contributed by atoms with van der Waals surface area (Å²) >= 11 is 0. The lowest BCUT2D eigenvalue weighted by molar-refractivity contribution is 0.0924. The minimum absolute atomic E-state index is 0.0388. The summed E-state index contributed by atoms with van der Waals surface area (Å²) in [6.07, 6.45) is 2.46. The molecule has 22 heavy (non-hydrogen) atoms. The fraction of sp³-hybridized carbons (Fsp3) is 0.400. The number of nitrogens with one attached hydrogen (secondary N) is 1. The summed E-state index contributed by atoms with van der Waals surface area (Å²) in [5, 5.41) is 10.3. The molecule has 2 saturated heterocycles. The Labute approximate surface area is 127 Å². The zero-order valence-electron chi connectivity index (χ0n) is 11.9. The van der Waals surface area contributed by atoms with Crippen LogP contribution in [0, 0.1) is 5.92 Å². The van der Waals surface area contributed by atoms with Crippen molar-refractivity contribution in [2.24, 2.45) is 5.92 Å². The van der Waals surface area contributed by atoms with Crippen LogP contribution < -0.4 is 10.1 Å². The van der Waals surface area contributed by atoms with Crippen molar-refractivity contribution in [1.82, 2.24) is 20.4 Å². The Morgan fingerprint density at radius 3 is 2.82 bits per heavy atom. The number of carbonyl (C=O) groups is 1. The van der Waals surface area contributed by atoms with E-state index in [0.29, 0.717) is 17.2 Å². The van der Waals surface area contributed by atoms with Crippen LogP contribution in [-0.2, 0) is 0 Å². The fourth-order valence-corrected chi connectivity index (χ4v) is 3.18. The Morgan fingerprint density at radius 2 is 2.18 bits per heavy atom. The van der Waals surface area contributed by atoms with Crippen molar-refractivity contribution in [3.8, 4) is 11.8 Å². The summed E-state index contributed by atoms with van der Waals surface area (Å²) in [5.74, 6) is 1.11. The summed E-state index contributed by atoms with van der Waals surface area (Å²) < 4.78 is 10.3. The van der Waals surface area contributed by atoms with Gasteiger partial charge >= 0.3 is 6.08 Å². The first kappa shape index (κ1) is 13.3. The van der Waals surface area contributed by atoms with E-state index in [4.69, 9.17) is 9.15 Å². The van der Waals surface area contributed by atoms with Crippen molar-refractivity contribution in [2.75, 3.05) is 19.6 Å². The molecule has 1 aromatic heterocycles. The van der Waals surface area contributed by atoms with Crippen LogP contribution in [0.25, 0.3) is 0 Å². The molecular weight excluding hydrogens is 284 g/mol. The topological polar surface area (TPSA) is 80.5 Å². The highest BCUT2D eigenvalue weighted by Crippen LogP contribution is 2.28. The fourth-order valence-electron chi connectivity index (χ4n) is 3.18. The van der Waals surface area contributed by atoms with Crippen LogP contribution in [0.15, 0.2) is 35.1 Å². The number of piperidine rings is 1. The van der Waals surface area contributed by atoms with E-state index in [1.165, 1.54) is 19.4 Å². The number of ether oxygens (including phenoxy) is 1. The van der Waals surface area contributed by atoms with Gasteiger partial charge in [0.15, 0.2) is 0 Å². The number of carbonyl (C=O) groups excluding carboxylic acids is 1. The largest absolute Gasteiger partial charge is 0.420 e. The third-order valence-electron chi connectivity index (χ3n) is 4.31. The van der Waals surface area contributed by atoms with Crippen molar-refractivity contribution in [3.63, 3.8) is 0 Å². The Morgan fingerprint density at radius 1 is 1.32 bits per heavy atom. The number of nitrogens with zero attached hydrogens (tertiary/aromatic N) is 3. The van der Waals surface area contributed by atoms with Crippen LogP contribution in [0.5, 0.6) is 11.8 Å². The van der Waals surface area contributed by atoms with E-state index in [1.807, 2.05) is 0 Å². The summed E-state index contributed by atoms with van der Waals surface area (Å²) in [7, 11) is 0. The molecule has 0 aliphatic carbocycles. The molecule has 0 radical (unpaired) electrons. The molecular formula is C15H16N4O3. The third-order valence-corrected chi connectivity index (χ3v) is 4.31. The molecule has 114 valence electrons. The van der Waals surface area contributed by atoms with E-state index in [1.54, 1.807) is 24.3 Å². The molecule has 3 heterocycles. The normalized spacial score (nSPS) is 26.1. The zero-order valence-corrected chi connectivity index (χ0v) is 11.9. The summed E-state index contributed by atoms with van der Waals surface area (Å²) in [5.41, 5.74) is 0.621. The number of amides is 1. The zero-order chi connectivity index (χ0) is 14.9. The molecule has 0 saturated carbocycles. The van der Waals surface area contributed by atoms with E-state index in [9.17, 15) is 4.79 Å². The molecule has 1 amide bonds. The van der Waals surface area contributed by atoms with Gasteiger partial charge in [0.05, 0.1) is 0 Å². The van der Waals surface area contributed by atoms with Crippen molar-refractivity contribution in [2.45, 2.75) is 12.5 Å². The molecule has 2 unspecified atom stereocenters. The van der Waals surface area contributed by atoms with Gasteiger partial charge in [-0.25, -0.2) is 0 Å². The Bertz CT molecular complexity index is 656. The number of aromatic nitrogens is 2. The van der Waals surface area contributed by atoms with Crippen LogP contribution in [0.3, 0.4) is 0 Å². The highest BCUT2D eigenvalue weighted by atomic mass is 16.6. The van der Waals surface area contributed by atoms with Crippen LogP contribution >= 0.6 is 0 Å². The number of fused-ring (bicyclic) bond motifs is 2. The minimum Gasteiger partial charge on any atom is -0.410 e. The van der Waals surface area contributed by atoms with Crippen LogP contribution in [-0.4, -0.2) is 46.7 Å². The SMILES string of the molecule is O=C(NC1CN2CC[C@H]1C2)c1ccc(Oc2nnco2)cc1. The standard InChI is InChI=1S/C15H16N4O3/c20-14(17-13-8-19-6-5-11(13)7-19)10-1-3-12(4-2-10)22-15-18-16-9-21-15/h1-4,9,11,13H,5-8H2,(H,17,20)/t11-,13?/m0/s1. The molecule has 2 aromatic rings. The predicted molar refractivity (Wildman–Crippen MR) is 76.6 cm³/mol. The second kappa shape index (κ2) is 5.42. The molecule has 1 N–H and O–H groups in total. The predicted octanol–water partition coefficient (Wildman–Crippen LogP) is 1.30. The quantitative estimate of drug-likeness (QED) is 0.916. The molecule has 1 aromatic carbocycles. The Hall–Kier alpha value is -2.41. The molecule has 0 spiro atoms. The van der Waals surface area contributed by atoms with Gasteiger partial charge in [0, 0.05) is 24.7 Å². The van der Waals surface area contributed by atoms with Gasteiger partial charge in [0.1, 0.15) is 5.75 Å². The lowest BCUT2D eigenvalue weighted by Crippen LogP contribution is -2.43. The average molecular weight is 300 g/mol. The highest BCUT2D eigenvalue weighted by molar-refractivity contribution is 5.94. The number of benzene rings is 1. The van der Waals surface area contributed by atoms with Crippen LogP contribution in [0.2, 0.25) is 0 Å².